The van der Waals surface area contributed by atoms with Crippen molar-refractivity contribution >= 4 is 0 Å². The summed E-state index contributed by atoms with van der Waals surface area (Å²) in [5.74, 6) is 1.27. The Bertz CT molecular complexity index is 619. The molecule has 0 spiro atoms. The van der Waals surface area contributed by atoms with Gasteiger partial charge in [-0.05, 0) is 43.4 Å². The molecule has 0 aliphatic heterocycles. The second-order valence-electron chi connectivity index (χ2n) is 5.87. The summed E-state index contributed by atoms with van der Waals surface area (Å²) in [5, 5.41) is 9.46. The number of aryl methyl sites for hydroxylation is 2. The van der Waals surface area contributed by atoms with E-state index in [-0.39, 0.29) is 6.61 Å². The zero-order valence-electron chi connectivity index (χ0n) is 12.5. The molecule has 3 rings (SSSR count). The quantitative estimate of drug-likeness (QED) is 0.919. The Kier molecular flexibility index (Phi) is 4.26. The van der Waals surface area contributed by atoms with Crippen molar-refractivity contribution in [2.75, 3.05) is 6.61 Å². The van der Waals surface area contributed by atoms with Crippen molar-refractivity contribution < 1.29 is 9.84 Å². The van der Waals surface area contributed by atoms with Crippen LogP contribution in [0.15, 0.2) is 42.5 Å². The Morgan fingerprint density at radius 1 is 1.19 bits per heavy atom. The molecule has 2 heteroatoms. The van der Waals surface area contributed by atoms with Gasteiger partial charge in [0.25, 0.3) is 0 Å². The SMILES string of the molecule is Cc1ccc(OCC2CCCc3ccccc32)c(CO)c1. The van der Waals surface area contributed by atoms with Crippen molar-refractivity contribution in [2.24, 2.45) is 0 Å². The number of aliphatic hydroxyl groups excluding tert-OH is 1. The first-order valence-electron chi connectivity index (χ1n) is 7.69. The van der Waals surface area contributed by atoms with E-state index in [2.05, 4.69) is 24.3 Å². The van der Waals surface area contributed by atoms with Crippen LogP contribution in [-0.2, 0) is 13.0 Å². The average molecular weight is 282 g/mol. The molecule has 0 aromatic heterocycles. The first-order chi connectivity index (χ1) is 10.3. The van der Waals surface area contributed by atoms with Crippen molar-refractivity contribution in [1.82, 2.24) is 0 Å². The summed E-state index contributed by atoms with van der Waals surface area (Å²) in [5.41, 5.74) is 4.92. The van der Waals surface area contributed by atoms with Crippen LogP contribution < -0.4 is 4.74 Å². The highest BCUT2D eigenvalue weighted by molar-refractivity contribution is 5.37. The number of rotatable bonds is 4. The molecule has 1 unspecified atom stereocenters. The van der Waals surface area contributed by atoms with E-state index in [1.54, 1.807) is 0 Å². The van der Waals surface area contributed by atoms with E-state index in [1.165, 1.54) is 30.4 Å². The largest absolute Gasteiger partial charge is 0.493 e. The lowest BCUT2D eigenvalue weighted by molar-refractivity contribution is 0.248. The molecule has 1 aliphatic rings. The molecule has 21 heavy (non-hydrogen) atoms. The van der Waals surface area contributed by atoms with Crippen molar-refractivity contribution in [1.29, 1.82) is 0 Å². The van der Waals surface area contributed by atoms with Crippen molar-refractivity contribution in [2.45, 2.75) is 38.7 Å². The summed E-state index contributed by atoms with van der Waals surface area (Å²) in [6, 6.07) is 14.7. The van der Waals surface area contributed by atoms with Gasteiger partial charge in [-0.1, -0.05) is 42.0 Å². The maximum absolute atomic E-state index is 9.46. The predicted octanol–water partition coefficient (Wildman–Crippen LogP) is 3.99. The Morgan fingerprint density at radius 2 is 2.05 bits per heavy atom. The van der Waals surface area contributed by atoms with Crippen LogP contribution in [0.5, 0.6) is 5.75 Å². The summed E-state index contributed by atoms with van der Waals surface area (Å²) in [4.78, 5) is 0. The second kappa shape index (κ2) is 6.31. The minimum absolute atomic E-state index is 0.0261. The third-order valence-electron chi connectivity index (χ3n) is 4.32. The Labute approximate surface area is 126 Å². The van der Waals surface area contributed by atoms with Gasteiger partial charge in [-0.3, -0.25) is 0 Å². The summed E-state index contributed by atoms with van der Waals surface area (Å²) in [6.07, 6.45) is 3.59. The third kappa shape index (κ3) is 3.11. The third-order valence-corrected chi connectivity index (χ3v) is 4.32. The van der Waals surface area contributed by atoms with Gasteiger partial charge in [-0.25, -0.2) is 0 Å². The Hall–Kier alpha value is -1.80. The van der Waals surface area contributed by atoms with Crippen LogP contribution in [-0.4, -0.2) is 11.7 Å². The molecule has 2 aromatic carbocycles. The highest BCUT2D eigenvalue weighted by atomic mass is 16.5. The molecular weight excluding hydrogens is 260 g/mol. The zero-order valence-corrected chi connectivity index (χ0v) is 12.5. The van der Waals surface area contributed by atoms with Gasteiger partial charge in [0, 0.05) is 11.5 Å². The highest BCUT2D eigenvalue weighted by Gasteiger charge is 2.20. The van der Waals surface area contributed by atoms with Gasteiger partial charge in [0.05, 0.1) is 13.2 Å². The lowest BCUT2D eigenvalue weighted by atomic mass is 9.83. The summed E-state index contributed by atoms with van der Waals surface area (Å²) < 4.78 is 6.02. The van der Waals surface area contributed by atoms with E-state index in [4.69, 9.17) is 4.74 Å². The second-order valence-corrected chi connectivity index (χ2v) is 5.87. The topological polar surface area (TPSA) is 29.5 Å². The normalized spacial score (nSPS) is 17.3. The van der Waals surface area contributed by atoms with Crippen LogP contribution in [0.3, 0.4) is 0 Å². The fraction of sp³-hybridized carbons (Fsp3) is 0.368. The molecule has 0 saturated heterocycles. The van der Waals surface area contributed by atoms with E-state index >= 15 is 0 Å². The molecule has 110 valence electrons. The molecule has 0 heterocycles. The number of aliphatic hydroxyl groups is 1. The minimum Gasteiger partial charge on any atom is -0.493 e. The number of hydrogen-bond acceptors (Lipinski definition) is 2. The van der Waals surface area contributed by atoms with Gasteiger partial charge < -0.3 is 9.84 Å². The highest BCUT2D eigenvalue weighted by Crippen LogP contribution is 2.32. The standard InChI is InChI=1S/C19H22O2/c1-14-9-10-19(17(11-14)12-20)21-13-16-7-4-6-15-5-2-3-8-18(15)16/h2-3,5,8-11,16,20H,4,6-7,12-13H2,1H3. The Morgan fingerprint density at radius 3 is 2.90 bits per heavy atom. The summed E-state index contributed by atoms with van der Waals surface area (Å²) in [6.45, 7) is 2.74. The molecule has 1 aliphatic carbocycles. The molecule has 0 fully saturated rings. The Balaban J connectivity index is 1.74. The van der Waals surface area contributed by atoms with Gasteiger partial charge in [0.2, 0.25) is 0 Å². The fourth-order valence-electron chi connectivity index (χ4n) is 3.19. The number of hydrogen-bond donors (Lipinski definition) is 1. The molecular formula is C19H22O2. The van der Waals surface area contributed by atoms with Crippen LogP contribution in [0.25, 0.3) is 0 Å². The average Bonchev–Trinajstić information content (AvgIpc) is 2.53. The molecule has 1 N–H and O–H groups in total. The van der Waals surface area contributed by atoms with Crippen LogP contribution in [0.4, 0.5) is 0 Å². The first kappa shape index (κ1) is 14.2. The molecule has 0 radical (unpaired) electrons. The molecule has 0 amide bonds. The van der Waals surface area contributed by atoms with E-state index in [0.29, 0.717) is 12.5 Å². The van der Waals surface area contributed by atoms with Gasteiger partial charge in [-0.15, -0.1) is 0 Å². The monoisotopic (exact) mass is 282 g/mol. The van der Waals surface area contributed by atoms with E-state index < -0.39 is 0 Å². The van der Waals surface area contributed by atoms with E-state index in [0.717, 1.165) is 16.9 Å². The van der Waals surface area contributed by atoms with Crippen LogP contribution >= 0.6 is 0 Å². The van der Waals surface area contributed by atoms with Crippen molar-refractivity contribution in [3.63, 3.8) is 0 Å². The molecule has 1 atom stereocenters. The van der Waals surface area contributed by atoms with Gasteiger partial charge in [-0.2, -0.15) is 0 Å². The van der Waals surface area contributed by atoms with Crippen molar-refractivity contribution in [3.05, 3.63) is 64.7 Å². The zero-order chi connectivity index (χ0) is 14.7. The lowest BCUT2D eigenvalue weighted by Gasteiger charge is -2.26. The van der Waals surface area contributed by atoms with E-state index in [1.807, 2.05) is 25.1 Å². The molecule has 2 nitrogen and oxygen atoms in total. The minimum atomic E-state index is 0.0261. The van der Waals surface area contributed by atoms with Gasteiger partial charge >= 0.3 is 0 Å². The number of benzene rings is 2. The smallest absolute Gasteiger partial charge is 0.124 e. The molecule has 0 saturated carbocycles. The molecule has 0 bridgehead atoms. The lowest BCUT2D eigenvalue weighted by Crippen LogP contribution is -2.17. The van der Waals surface area contributed by atoms with Crippen molar-refractivity contribution in [3.8, 4) is 5.75 Å². The van der Waals surface area contributed by atoms with Gasteiger partial charge in [0.1, 0.15) is 5.75 Å². The maximum atomic E-state index is 9.46. The van der Waals surface area contributed by atoms with Crippen LogP contribution in [0.2, 0.25) is 0 Å². The van der Waals surface area contributed by atoms with Crippen LogP contribution in [0.1, 0.15) is 41.0 Å². The van der Waals surface area contributed by atoms with Crippen LogP contribution in [0, 0.1) is 6.92 Å². The fourth-order valence-corrected chi connectivity index (χ4v) is 3.19. The predicted molar refractivity (Wildman–Crippen MR) is 84.7 cm³/mol. The molecule has 2 aromatic rings. The maximum Gasteiger partial charge on any atom is 0.124 e. The first-order valence-corrected chi connectivity index (χ1v) is 7.69. The van der Waals surface area contributed by atoms with Gasteiger partial charge in [0.15, 0.2) is 0 Å². The number of ether oxygens (including phenoxy) is 1. The summed E-state index contributed by atoms with van der Waals surface area (Å²) in [7, 11) is 0. The van der Waals surface area contributed by atoms with E-state index in [9.17, 15) is 5.11 Å². The summed E-state index contributed by atoms with van der Waals surface area (Å²) >= 11 is 0. The number of fused-ring (bicyclic) bond motifs is 1.